The number of nitrogens with zero attached hydrogens (tertiary/aromatic N) is 1. The third-order valence-corrected chi connectivity index (χ3v) is 9.20. The van der Waals surface area contributed by atoms with Crippen LogP contribution in [0.4, 0.5) is 0 Å². The fourth-order valence-corrected chi connectivity index (χ4v) is 7.40. The van der Waals surface area contributed by atoms with Crippen LogP contribution in [-0.4, -0.2) is 4.57 Å². The quantitative estimate of drug-likeness (QED) is 0.148. The molecule has 8 rings (SSSR count). The first kappa shape index (κ1) is 21.2. The normalized spacial score (nSPS) is 11.9. The molecule has 0 saturated heterocycles. The second-order valence-corrected chi connectivity index (χ2v) is 11.5. The molecule has 6 aromatic rings. The van der Waals surface area contributed by atoms with Crippen molar-refractivity contribution in [2.75, 3.05) is 0 Å². The molecule has 6 aromatic carbocycles. The summed E-state index contributed by atoms with van der Waals surface area (Å²) < 4.78 is 6.18. The first-order chi connectivity index (χ1) is 18.3. The van der Waals surface area contributed by atoms with E-state index in [1.807, 2.05) is 11.3 Å². The van der Waals surface area contributed by atoms with E-state index in [4.69, 9.17) is 0 Å². The fraction of sp³-hybridized carbons (Fsp3) is 0. The van der Waals surface area contributed by atoms with Crippen LogP contribution in [-0.2, 0) is 0 Å². The van der Waals surface area contributed by atoms with Gasteiger partial charge < -0.3 is 4.57 Å². The van der Waals surface area contributed by atoms with Gasteiger partial charge in [0.25, 0.3) is 0 Å². The molecule has 174 valence electrons. The highest BCUT2D eigenvalue weighted by molar-refractivity contribution is 9.10. The SMILES string of the molecule is Brc1ccc2c3c1cccc3c1cc(-c3ccccc3)cc3sc4cc(-c5ccccc5)ccc4n2-c31. The van der Waals surface area contributed by atoms with Crippen molar-refractivity contribution in [3.05, 3.63) is 126 Å². The van der Waals surface area contributed by atoms with Crippen LogP contribution in [0.1, 0.15) is 0 Å². The van der Waals surface area contributed by atoms with Gasteiger partial charge >= 0.3 is 0 Å². The molecule has 0 N–H and O–H groups in total. The summed E-state index contributed by atoms with van der Waals surface area (Å²) in [6.45, 7) is 0. The Morgan fingerprint density at radius 2 is 1.16 bits per heavy atom. The van der Waals surface area contributed by atoms with Gasteiger partial charge in [0.15, 0.2) is 0 Å². The van der Waals surface area contributed by atoms with Crippen molar-refractivity contribution < 1.29 is 0 Å². The van der Waals surface area contributed by atoms with Gasteiger partial charge in [0, 0.05) is 15.2 Å². The van der Waals surface area contributed by atoms with Crippen molar-refractivity contribution in [1.29, 1.82) is 0 Å². The molecule has 0 unspecified atom stereocenters. The average Bonchev–Trinajstić information content (AvgIpc) is 2.96. The molecule has 2 heterocycles. The first-order valence-electron chi connectivity index (χ1n) is 12.4. The van der Waals surface area contributed by atoms with Crippen LogP contribution >= 0.6 is 27.3 Å². The van der Waals surface area contributed by atoms with Gasteiger partial charge in [-0.3, -0.25) is 0 Å². The van der Waals surface area contributed by atoms with Crippen molar-refractivity contribution in [3.8, 4) is 27.9 Å². The summed E-state index contributed by atoms with van der Waals surface area (Å²) in [5.74, 6) is 0. The van der Waals surface area contributed by atoms with Gasteiger partial charge in [-0.05, 0) is 69.4 Å². The van der Waals surface area contributed by atoms with Gasteiger partial charge in [0.05, 0.1) is 26.1 Å². The molecule has 0 aliphatic carbocycles. The fourth-order valence-electron chi connectivity index (χ4n) is 5.76. The summed E-state index contributed by atoms with van der Waals surface area (Å²) >= 11 is 5.71. The van der Waals surface area contributed by atoms with Crippen LogP contribution < -0.4 is 0 Å². The predicted molar refractivity (Wildman–Crippen MR) is 163 cm³/mol. The van der Waals surface area contributed by atoms with E-state index in [-0.39, 0.29) is 0 Å². The number of hydrogen-bond acceptors (Lipinski definition) is 1. The van der Waals surface area contributed by atoms with Gasteiger partial charge in [0.2, 0.25) is 0 Å². The minimum absolute atomic E-state index is 1.13. The zero-order chi connectivity index (χ0) is 24.5. The van der Waals surface area contributed by atoms with E-state index in [1.165, 1.54) is 69.9 Å². The zero-order valence-corrected chi connectivity index (χ0v) is 22.2. The molecule has 0 spiro atoms. The second-order valence-electron chi connectivity index (χ2n) is 9.52. The van der Waals surface area contributed by atoms with Gasteiger partial charge in [0.1, 0.15) is 0 Å². The van der Waals surface area contributed by atoms with Crippen LogP contribution in [0.2, 0.25) is 0 Å². The van der Waals surface area contributed by atoms with Crippen molar-refractivity contribution in [1.82, 2.24) is 4.57 Å². The van der Waals surface area contributed by atoms with Gasteiger partial charge in [-0.2, -0.15) is 0 Å². The third-order valence-electron chi connectivity index (χ3n) is 7.43. The minimum atomic E-state index is 1.13. The molecular weight excluding hydrogens is 534 g/mol. The van der Waals surface area contributed by atoms with E-state index in [0.717, 1.165) is 4.47 Å². The van der Waals surface area contributed by atoms with Crippen molar-refractivity contribution in [3.63, 3.8) is 0 Å². The Labute approximate surface area is 226 Å². The summed E-state index contributed by atoms with van der Waals surface area (Å²) in [4.78, 5) is 0. The van der Waals surface area contributed by atoms with E-state index >= 15 is 0 Å². The number of fused-ring (bicyclic) bond motifs is 4. The van der Waals surface area contributed by atoms with E-state index in [9.17, 15) is 0 Å². The maximum absolute atomic E-state index is 3.82. The number of pyridine rings is 1. The number of hydrogen-bond donors (Lipinski definition) is 0. The first-order valence-corrected chi connectivity index (χ1v) is 14.0. The molecule has 2 aliphatic rings. The Morgan fingerprint density at radius 3 is 1.95 bits per heavy atom. The molecular formula is C34H20BrNS. The lowest BCUT2D eigenvalue weighted by molar-refractivity contribution is 1.20. The highest BCUT2D eigenvalue weighted by Gasteiger charge is 2.21. The topological polar surface area (TPSA) is 4.93 Å². The number of benzene rings is 6. The third kappa shape index (κ3) is 3.14. The van der Waals surface area contributed by atoms with Crippen LogP contribution in [0.25, 0.3) is 69.9 Å². The van der Waals surface area contributed by atoms with Gasteiger partial charge in [-0.1, -0.05) is 101 Å². The predicted octanol–water partition coefficient (Wildman–Crippen LogP) is 10.7. The molecule has 0 amide bonds. The molecule has 0 fully saturated rings. The van der Waals surface area contributed by atoms with Gasteiger partial charge in [-0.15, -0.1) is 11.3 Å². The van der Waals surface area contributed by atoms with Crippen molar-refractivity contribution in [2.24, 2.45) is 0 Å². The summed E-state index contributed by atoms with van der Waals surface area (Å²) in [5, 5.41) is 5.13. The molecule has 0 atom stereocenters. The Morgan fingerprint density at radius 1 is 0.486 bits per heavy atom. The highest BCUT2D eigenvalue weighted by atomic mass is 79.9. The van der Waals surface area contributed by atoms with E-state index in [2.05, 4.69) is 142 Å². The monoisotopic (exact) mass is 553 g/mol. The van der Waals surface area contributed by atoms with Crippen LogP contribution in [0.3, 0.4) is 0 Å². The standard InChI is InChI=1S/C34H20BrNS/c35-28-15-17-30-33-25(12-7-13-26(28)33)27-18-24(22-10-5-2-6-11-22)20-32-34(27)36(30)29-16-14-23(19-31(29)37-32)21-8-3-1-4-9-21/h1-20H. The second kappa shape index (κ2) is 8.04. The summed E-state index contributed by atoms with van der Waals surface area (Å²) in [7, 11) is 0. The minimum Gasteiger partial charge on any atom is -0.306 e. The molecule has 3 heteroatoms. The van der Waals surface area contributed by atoms with Crippen LogP contribution in [0.15, 0.2) is 126 Å². The molecule has 0 aromatic heterocycles. The maximum atomic E-state index is 3.82. The smallest absolute Gasteiger partial charge is 0.0713 e. The summed E-state index contributed by atoms with van der Waals surface area (Å²) in [5.41, 5.74) is 8.74. The van der Waals surface area contributed by atoms with Crippen LogP contribution in [0.5, 0.6) is 0 Å². The Hall–Kier alpha value is -3.92. The average molecular weight is 555 g/mol. The molecule has 1 nitrogen and oxygen atoms in total. The van der Waals surface area contributed by atoms with E-state index < -0.39 is 0 Å². The lowest BCUT2D eigenvalue weighted by atomic mass is 9.95. The highest BCUT2D eigenvalue weighted by Crippen LogP contribution is 2.46. The number of aromatic nitrogens is 1. The molecule has 37 heavy (non-hydrogen) atoms. The zero-order valence-electron chi connectivity index (χ0n) is 19.8. The van der Waals surface area contributed by atoms with Crippen molar-refractivity contribution >= 4 is 69.2 Å². The lowest BCUT2D eigenvalue weighted by Crippen LogP contribution is -2.04. The Kier molecular flexibility index (Phi) is 4.61. The number of rotatable bonds is 2. The molecule has 0 saturated carbocycles. The molecule has 0 radical (unpaired) electrons. The van der Waals surface area contributed by atoms with E-state index in [1.54, 1.807) is 0 Å². The Balaban J connectivity index is 1.60. The number of halogens is 1. The van der Waals surface area contributed by atoms with Crippen molar-refractivity contribution in [2.45, 2.75) is 0 Å². The summed E-state index contributed by atoms with van der Waals surface area (Å²) in [6, 6.07) is 44.2. The Bertz CT molecular complexity index is 2080. The summed E-state index contributed by atoms with van der Waals surface area (Å²) in [6.07, 6.45) is 0. The lowest BCUT2D eigenvalue weighted by Gasteiger charge is -2.24. The molecule has 2 aliphatic heterocycles. The van der Waals surface area contributed by atoms with Crippen LogP contribution in [0, 0.1) is 0 Å². The largest absolute Gasteiger partial charge is 0.306 e. The molecule has 0 bridgehead atoms. The van der Waals surface area contributed by atoms with E-state index in [0.29, 0.717) is 0 Å². The van der Waals surface area contributed by atoms with Gasteiger partial charge in [-0.25, -0.2) is 0 Å². The maximum Gasteiger partial charge on any atom is 0.0713 e.